The van der Waals surface area contributed by atoms with Crippen LogP contribution in [0.4, 0.5) is 0 Å². The fraction of sp³-hybridized carbons (Fsp3) is 0.529. The number of nitrogens with zero attached hydrogens (tertiary/aromatic N) is 3. The summed E-state index contributed by atoms with van der Waals surface area (Å²) in [6, 6.07) is 4.14. The molecular weight excluding hydrogens is 310 g/mol. The molecule has 0 aromatic carbocycles. The zero-order valence-electron chi connectivity index (χ0n) is 13.9. The number of aromatic nitrogens is 2. The quantitative estimate of drug-likeness (QED) is 0.863. The molecule has 0 bridgehead atoms. The van der Waals surface area contributed by atoms with Gasteiger partial charge in [0.2, 0.25) is 0 Å². The summed E-state index contributed by atoms with van der Waals surface area (Å²) in [5.74, 6) is 0.763. The number of hydrogen-bond donors (Lipinski definition) is 0. The molecule has 0 unspecified atom stereocenters. The van der Waals surface area contributed by atoms with Crippen LogP contribution < -0.4 is 4.74 Å². The van der Waals surface area contributed by atoms with Crippen molar-refractivity contribution in [2.75, 3.05) is 13.7 Å². The molecule has 1 fully saturated rings. The molecule has 6 heteroatoms. The average molecular weight is 333 g/mol. The lowest BCUT2D eigenvalue weighted by Gasteiger charge is -2.35. The number of carbonyl (C=O) groups is 1. The Kier molecular flexibility index (Phi) is 4.71. The Bertz CT molecular complexity index is 692. The van der Waals surface area contributed by atoms with Crippen LogP contribution in [0.3, 0.4) is 0 Å². The minimum atomic E-state index is 0.0862. The van der Waals surface area contributed by atoms with Crippen molar-refractivity contribution in [3.8, 4) is 5.75 Å². The SMILES string of the molecule is COc1ccsc1C(=O)N1CCCC[C@H]1Cn1nc(C)cc1C. The number of ether oxygens (including phenoxy) is 1. The number of aryl methyl sites for hydroxylation is 2. The van der Waals surface area contributed by atoms with Crippen molar-refractivity contribution in [1.29, 1.82) is 0 Å². The minimum Gasteiger partial charge on any atom is -0.495 e. The Morgan fingerprint density at radius 3 is 2.96 bits per heavy atom. The lowest BCUT2D eigenvalue weighted by atomic mass is 10.0. The van der Waals surface area contributed by atoms with E-state index in [1.165, 1.54) is 11.3 Å². The molecule has 124 valence electrons. The van der Waals surface area contributed by atoms with Gasteiger partial charge >= 0.3 is 0 Å². The van der Waals surface area contributed by atoms with Crippen LogP contribution in [-0.2, 0) is 6.54 Å². The number of piperidine rings is 1. The van der Waals surface area contributed by atoms with Gasteiger partial charge in [-0.3, -0.25) is 9.48 Å². The number of likely N-dealkylation sites (tertiary alicyclic amines) is 1. The van der Waals surface area contributed by atoms with Crippen LogP contribution in [0, 0.1) is 13.8 Å². The first-order chi connectivity index (χ1) is 11.1. The largest absolute Gasteiger partial charge is 0.495 e. The number of thiophene rings is 1. The van der Waals surface area contributed by atoms with E-state index in [1.807, 2.05) is 28.0 Å². The molecule has 0 N–H and O–H groups in total. The van der Waals surface area contributed by atoms with Gasteiger partial charge in [0.15, 0.2) is 0 Å². The highest BCUT2D eigenvalue weighted by molar-refractivity contribution is 7.12. The van der Waals surface area contributed by atoms with E-state index >= 15 is 0 Å². The first-order valence-corrected chi connectivity index (χ1v) is 8.91. The van der Waals surface area contributed by atoms with Crippen LogP contribution in [0.25, 0.3) is 0 Å². The summed E-state index contributed by atoms with van der Waals surface area (Å²) >= 11 is 1.45. The van der Waals surface area contributed by atoms with Crippen molar-refractivity contribution in [2.24, 2.45) is 0 Å². The summed E-state index contributed by atoms with van der Waals surface area (Å²) in [5.41, 5.74) is 2.17. The van der Waals surface area contributed by atoms with Crippen LogP contribution in [0.1, 0.15) is 40.3 Å². The second-order valence-electron chi connectivity index (χ2n) is 6.08. The smallest absolute Gasteiger partial charge is 0.268 e. The number of carbonyl (C=O) groups excluding carboxylic acids is 1. The van der Waals surface area contributed by atoms with Gasteiger partial charge < -0.3 is 9.64 Å². The van der Waals surface area contributed by atoms with Gasteiger partial charge in [-0.05, 0) is 50.6 Å². The lowest BCUT2D eigenvalue weighted by molar-refractivity contribution is 0.0585. The van der Waals surface area contributed by atoms with Crippen LogP contribution in [0.5, 0.6) is 5.75 Å². The summed E-state index contributed by atoms with van der Waals surface area (Å²) in [6.45, 7) is 5.64. The van der Waals surface area contributed by atoms with Crippen molar-refractivity contribution in [3.05, 3.63) is 33.8 Å². The zero-order chi connectivity index (χ0) is 16.4. The normalized spacial score (nSPS) is 18.2. The number of methoxy groups -OCH3 is 1. The van der Waals surface area contributed by atoms with Crippen molar-refractivity contribution < 1.29 is 9.53 Å². The molecule has 3 rings (SSSR count). The van der Waals surface area contributed by atoms with Gasteiger partial charge in [0.05, 0.1) is 25.4 Å². The lowest BCUT2D eigenvalue weighted by Crippen LogP contribution is -2.46. The van der Waals surface area contributed by atoms with E-state index in [0.717, 1.165) is 43.7 Å². The summed E-state index contributed by atoms with van der Waals surface area (Å²) in [7, 11) is 1.61. The second-order valence-corrected chi connectivity index (χ2v) is 6.99. The molecule has 1 saturated heterocycles. The Morgan fingerprint density at radius 2 is 2.26 bits per heavy atom. The molecule has 3 heterocycles. The minimum absolute atomic E-state index is 0.0862. The molecule has 5 nitrogen and oxygen atoms in total. The predicted molar refractivity (Wildman–Crippen MR) is 91.2 cm³/mol. The summed E-state index contributed by atoms with van der Waals surface area (Å²) < 4.78 is 7.34. The Hall–Kier alpha value is -1.82. The third-order valence-electron chi connectivity index (χ3n) is 4.42. The fourth-order valence-corrected chi connectivity index (χ4v) is 4.08. The molecule has 2 aromatic heterocycles. The van der Waals surface area contributed by atoms with Crippen LogP contribution in [0.2, 0.25) is 0 Å². The Balaban J connectivity index is 1.81. The van der Waals surface area contributed by atoms with Crippen LogP contribution >= 0.6 is 11.3 Å². The standard InChI is InChI=1S/C17H23N3O2S/c1-12-10-13(2)20(18-12)11-14-6-4-5-8-19(14)17(21)16-15(22-3)7-9-23-16/h7,9-10,14H,4-6,8,11H2,1-3H3/t14-/m0/s1. The number of hydrogen-bond acceptors (Lipinski definition) is 4. The molecule has 0 aliphatic carbocycles. The molecule has 23 heavy (non-hydrogen) atoms. The maximum atomic E-state index is 13.0. The topological polar surface area (TPSA) is 47.4 Å². The molecule has 2 aromatic rings. The van der Waals surface area contributed by atoms with E-state index in [1.54, 1.807) is 7.11 Å². The number of amides is 1. The first-order valence-electron chi connectivity index (χ1n) is 8.03. The molecule has 0 spiro atoms. The van der Waals surface area contributed by atoms with Crippen molar-refractivity contribution in [1.82, 2.24) is 14.7 Å². The van der Waals surface area contributed by atoms with E-state index < -0.39 is 0 Å². The summed E-state index contributed by atoms with van der Waals surface area (Å²) in [6.07, 6.45) is 3.25. The van der Waals surface area contributed by atoms with Gasteiger partial charge in [0, 0.05) is 12.2 Å². The van der Waals surface area contributed by atoms with Crippen LogP contribution in [0.15, 0.2) is 17.5 Å². The van der Waals surface area contributed by atoms with E-state index in [2.05, 4.69) is 18.1 Å². The van der Waals surface area contributed by atoms with Crippen molar-refractivity contribution >= 4 is 17.2 Å². The van der Waals surface area contributed by atoms with Crippen molar-refractivity contribution in [2.45, 2.75) is 45.7 Å². The maximum absolute atomic E-state index is 13.0. The van der Waals surface area contributed by atoms with Gasteiger partial charge in [0.25, 0.3) is 5.91 Å². The van der Waals surface area contributed by atoms with Crippen molar-refractivity contribution in [3.63, 3.8) is 0 Å². The summed E-state index contributed by atoms with van der Waals surface area (Å²) in [5, 5.41) is 6.46. The fourth-order valence-electron chi connectivity index (χ4n) is 3.26. The van der Waals surface area contributed by atoms with Gasteiger partial charge in [-0.15, -0.1) is 11.3 Å². The van der Waals surface area contributed by atoms with Crippen LogP contribution in [-0.4, -0.2) is 40.3 Å². The zero-order valence-corrected chi connectivity index (χ0v) is 14.7. The van der Waals surface area contributed by atoms with Gasteiger partial charge in [-0.25, -0.2) is 0 Å². The molecule has 1 aliphatic heterocycles. The highest BCUT2D eigenvalue weighted by atomic mass is 32.1. The van der Waals surface area contributed by atoms with Gasteiger partial charge in [-0.1, -0.05) is 0 Å². The average Bonchev–Trinajstić information content (AvgIpc) is 3.13. The Labute approximate surface area is 140 Å². The molecule has 0 saturated carbocycles. The third-order valence-corrected chi connectivity index (χ3v) is 5.30. The monoisotopic (exact) mass is 333 g/mol. The molecule has 1 amide bonds. The number of rotatable bonds is 4. The second kappa shape index (κ2) is 6.74. The van der Waals surface area contributed by atoms with E-state index in [9.17, 15) is 4.79 Å². The highest BCUT2D eigenvalue weighted by Crippen LogP contribution is 2.29. The molecule has 1 aliphatic rings. The van der Waals surface area contributed by atoms with E-state index in [-0.39, 0.29) is 11.9 Å². The molecule has 1 atom stereocenters. The van der Waals surface area contributed by atoms with Gasteiger partial charge in [0.1, 0.15) is 10.6 Å². The molecule has 0 radical (unpaired) electrons. The maximum Gasteiger partial charge on any atom is 0.268 e. The highest BCUT2D eigenvalue weighted by Gasteiger charge is 2.30. The van der Waals surface area contributed by atoms with Gasteiger partial charge in [-0.2, -0.15) is 5.10 Å². The summed E-state index contributed by atoms with van der Waals surface area (Å²) in [4.78, 5) is 15.7. The predicted octanol–water partition coefficient (Wildman–Crippen LogP) is 3.26. The Morgan fingerprint density at radius 1 is 1.43 bits per heavy atom. The van der Waals surface area contributed by atoms with E-state index in [0.29, 0.717) is 10.6 Å². The first kappa shape index (κ1) is 16.1. The van der Waals surface area contributed by atoms with E-state index in [4.69, 9.17) is 4.74 Å². The molecular formula is C17H23N3O2S. The third kappa shape index (κ3) is 3.27.